The fourth-order valence-electron chi connectivity index (χ4n) is 4.59. The molecule has 0 aliphatic carbocycles. The molecule has 0 saturated carbocycles. The smallest absolute Gasteiger partial charge is 0.246 e. The quantitative estimate of drug-likeness (QED) is 0.540. The number of fused-ring (bicyclic) bond motifs is 1. The van der Waals surface area contributed by atoms with E-state index in [1.54, 1.807) is 24.3 Å². The van der Waals surface area contributed by atoms with Crippen molar-refractivity contribution in [3.8, 4) is 12.3 Å². The van der Waals surface area contributed by atoms with E-state index >= 15 is 0 Å². The largest absolute Gasteiger partial charge is 0.359 e. The Balaban J connectivity index is 1.62. The van der Waals surface area contributed by atoms with Crippen molar-refractivity contribution in [1.82, 2.24) is 15.5 Å². The fourth-order valence-corrected chi connectivity index (χ4v) is 4.59. The summed E-state index contributed by atoms with van der Waals surface area (Å²) in [6.45, 7) is 0.0779. The van der Waals surface area contributed by atoms with Gasteiger partial charge in [-0.15, -0.1) is 6.42 Å². The van der Waals surface area contributed by atoms with E-state index in [0.29, 0.717) is 5.56 Å². The molecular weight excluding hydrogens is 377 g/mol. The van der Waals surface area contributed by atoms with Crippen LogP contribution in [0, 0.1) is 30.0 Å². The lowest BCUT2D eigenvalue weighted by Crippen LogP contribution is -2.54. The Morgan fingerprint density at radius 2 is 2.03 bits per heavy atom. The zero-order valence-electron chi connectivity index (χ0n) is 15.7. The minimum Gasteiger partial charge on any atom is -0.359 e. The van der Waals surface area contributed by atoms with E-state index in [-0.39, 0.29) is 30.7 Å². The number of likely N-dealkylation sites (tertiary alicyclic amines) is 1. The molecule has 4 rings (SSSR count). The average Bonchev–Trinajstić information content (AvgIpc) is 3.35. The summed E-state index contributed by atoms with van der Waals surface area (Å²) in [5, 5.41) is 5.35. The molecule has 2 N–H and O–H groups in total. The minimum absolute atomic E-state index is 0.0753. The summed E-state index contributed by atoms with van der Waals surface area (Å²) in [7, 11) is 1.50. The van der Waals surface area contributed by atoms with E-state index in [2.05, 4.69) is 16.6 Å². The molecule has 2 bridgehead atoms. The summed E-state index contributed by atoms with van der Waals surface area (Å²) in [6.07, 6.45) is 8.30. The summed E-state index contributed by atoms with van der Waals surface area (Å²) in [4.78, 5) is 40.0. The highest BCUT2D eigenvalue weighted by Crippen LogP contribution is 2.54. The van der Waals surface area contributed by atoms with Crippen LogP contribution >= 0.6 is 0 Å². The normalized spacial score (nSPS) is 31.5. The van der Waals surface area contributed by atoms with Crippen molar-refractivity contribution < 1.29 is 23.5 Å². The summed E-state index contributed by atoms with van der Waals surface area (Å²) in [5.74, 6) is -0.611. The molecule has 1 aromatic carbocycles. The van der Waals surface area contributed by atoms with Crippen LogP contribution in [0.2, 0.25) is 0 Å². The van der Waals surface area contributed by atoms with Crippen LogP contribution in [-0.4, -0.2) is 54.0 Å². The maximum Gasteiger partial charge on any atom is 0.246 e. The number of nitrogens with one attached hydrogen (secondary N) is 2. The topological polar surface area (TPSA) is 87.7 Å². The molecule has 2 fully saturated rings. The number of terminal acetylenes is 1. The van der Waals surface area contributed by atoms with Gasteiger partial charge in [0.25, 0.3) is 0 Å². The number of hydrogen-bond donors (Lipinski definition) is 2. The van der Waals surface area contributed by atoms with E-state index in [0.717, 1.165) is 0 Å². The van der Waals surface area contributed by atoms with Crippen molar-refractivity contribution in [2.24, 2.45) is 11.8 Å². The highest BCUT2D eigenvalue weighted by Gasteiger charge is 2.72. The van der Waals surface area contributed by atoms with Gasteiger partial charge >= 0.3 is 0 Å². The van der Waals surface area contributed by atoms with Gasteiger partial charge < -0.3 is 20.3 Å². The zero-order chi connectivity index (χ0) is 20.8. The van der Waals surface area contributed by atoms with Gasteiger partial charge in [-0.2, -0.15) is 0 Å². The van der Waals surface area contributed by atoms with E-state index in [9.17, 15) is 18.8 Å². The first-order valence-electron chi connectivity index (χ1n) is 9.28. The molecule has 3 heterocycles. The first-order chi connectivity index (χ1) is 13.9. The lowest BCUT2D eigenvalue weighted by atomic mass is 9.74. The number of rotatable bonds is 5. The van der Waals surface area contributed by atoms with Crippen LogP contribution in [0.4, 0.5) is 4.39 Å². The third-order valence-corrected chi connectivity index (χ3v) is 5.81. The van der Waals surface area contributed by atoms with Crippen molar-refractivity contribution in [2.75, 3.05) is 13.6 Å². The van der Waals surface area contributed by atoms with Gasteiger partial charge in [0.15, 0.2) is 0 Å². The Labute approximate surface area is 167 Å². The molecule has 150 valence electrons. The fraction of sp³-hybridized carbons (Fsp3) is 0.381. The molecule has 3 aliphatic rings. The number of benzene rings is 1. The molecular formula is C21H20FN3O4. The second-order valence-corrected chi connectivity index (χ2v) is 7.33. The average molecular weight is 397 g/mol. The van der Waals surface area contributed by atoms with Crippen LogP contribution in [-0.2, 0) is 25.7 Å². The predicted molar refractivity (Wildman–Crippen MR) is 100 cm³/mol. The van der Waals surface area contributed by atoms with Gasteiger partial charge in [0.1, 0.15) is 17.5 Å². The number of amides is 3. The van der Waals surface area contributed by atoms with Crippen LogP contribution in [0.1, 0.15) is 5.56 Å². The van der Waals surface area contributed by atoms with Crippen LogP contribution in [0.25, 0.3) is 0 Å². The first kappa shape index (κ1) is 19.2. The van der Waals surface area contributed by atoms with Gasteiger partial charge in [-0.25, -0.2) is 4.39 Å². The zero-order valence-corrected chi connectivity index (χ0v) is 15.7. The molecule has 0 radical (unpaired) electrons. The molecule has 3 aliphatic heterocycles. The lowest BCUT2D eigenvalue weighted by Gasteiger charge is -2.31. The number of halogens is 1. The molecule has 2 saturated heterocycles. The molecule has 5 atom stereocenters. The maximum absolute atomic E-state index is 13.1. The monoisotopic (exact) mass is 397 g/mol. The summed E-state index contributed by atoms with van der Waals surface area (Å²) < 4.78 is 19.1. The molecule has 1 spiro atoms. The third kappa shape index (κ3) is 2.81. The molecule has 7 nitrogen and oxygen atoms in total. The van der Waals surface area contributed by atoms with Crippen LogP contribution < -0.4 is 10.6 Å². The second kappa shape index (κ2) is 7.01. The summed E-state index contributed by atoms with van der Waals surface area (Å²) in [6, 6.07) is 4.74. The molecule has 0 aromatic heterocycles. The van der Waals surface area contributed by atoms with Crippen molar-refractivity contribution in [3.05, 3.63) is 47.8 Å². The van der Waals surface area contributed by atoms with Crippen molar-refractivity contribution in [1.29, 1.82) is 0 Å². The van der Waals surface area contributed by atoms with Crippen LogP contribution in [0.15, 0.2) is 36.4 Å². The molecule has 29 heavy (non-hydrogen) atoms. The maximum atomic E-state index is 13.1. The Kier molecular flexibility index (Phi) is 4.63. The number of ether oxygens (including phenoxy) is 1. The second-order valence-electron chi connectivity index (χ2n) is 7.33. The number of nitrogens with zero attached hydrogens (tertiary/aromatic N) is 1. The molecule has 1 aromatic rings. The predicted octanol–water partition coefficient (Wildman–Crippen LogP) is -0.0283. The van der Waals surface area contributed by atoms with Crippen molar-refractivity contribution in [2.45, 2.75) is 24.3 Å². The Morgan fingerprint density at radius 3 is 2.69 bits per heavy atom. The summed E-state index contributed by atoms with van der Waals surface area (Å²) in [5.41, 5.74) is -0.528. The number of hydrogen-bond acceptors (Lipinski definition) is 4. The first-order valence-corrected chi connectivity index (χ1v) is 9.28. The Bertz CT molecular complexity index is 938. The summed E-state index contributed by atoms with van der Waals surface area (Å²) >= 11 is 0. The van der Waals surface area contributed by atoms with Crippen LogP contribution in [0.5, 0.6) is 0 Å². The van der Waals surface area contributed by atoms with Crippen molar-refractivity contribution in [3.63, 3.8) is 0 Å². The number of carbonyl (C=O) groups excluding carboxylic acids is 3. The van der Waals surface area contributed by atoms with E-state index in [1.165, 1.54) is 24.1 Å². The Hall–Kier alpha value is -3.18. The Morgan fingerprint density at radius 1 is 1.31 bits per heavy atom. The standard InChI is InChI=1S/C21H20FN3O4/c1-3-10-25-17(19(27)24-11-12-4-6-13(22)7-5-12)21-9-8-14(29-21)15(18(26)23-2)16(21)20(25)28/h1,4-9,14-17H,10-11H2,2H3,(H,23,26)(H,24,27)/t14-,15+,16+,17+,21+/m1/s1. The van der Waals surface area contributed by atoms with E-state index in [1.807, 2.05) is 0 Å². The highest BCUT2D eigenvalue weighted by molar-refractivity contribution is 5.99. The van der Waals surface area contributed by atoms with Gasteiger partial charge in [-0.3, -0.25) is 14.4 Å². The molecule has 3 amide bonds. The molecule has 0 unspecified atom stereocenters. The molecule has 8 heteroatoms. The van der Waals surface area contributed by atoms with Gasteiger partial charge in [-0.05, 0) is 17.7 Å². The SMILES string of the molecule is C#CCN1C(=O)[C@@H]2[C@@H](C(=O)NC)[C@H]3C=C[C@@]2(O3)[C@@H]1C(=O)NCc1ccc(F)cc1. The van der Waals surface area contributed by atoms with Gasteiger partial charge in [0.2, 0.25) is 17.7 Å². The third-order valence-electron chi connectivity index (χ3n) is 5.81. The van der Waals surface area contributed by atoms with Crippen molar-refractivity contribution >= 4 is 17.7 Å². The van der Waals surface area contributed by atoms with E-state index in [4.69, 9.17) is 11.2 Å². The minimum atomic E-state index is -1.23. The van der Waals surface area contributed by atoms with Gasteiger partial charge in [0.05, 0.1) is 24.5 Å². The highest BCUT2D eigenvalue weighted by atomic mass is 19.1. The number of carbonyl (C=O) groups is 3. The lowest BCUT2D eigenvalue weighted by molar-refractivity contribution is -0.141. The van der Waals surface area contributed by atoms with Gasteiger partial charge in [0, 0.05) is 13.6 Å². The van der Waals surface area contributed by atoms with Gasteiger partial charge in [-0.1, -0.05) is 30.2 Å². The van der Waals surface area contributed by atoms with Crippen LogP contribution in [0.3, 0.4) is 0 Å². The van der Waals surface area contributed by atoms with E-state index < -0.39 is 35.5 Å².